The van der Waals surface area contributed by atoms with Crippen molar-refractivity contribution < 1.29 is 9.85 Å². The van der Waals surface area contributed by atoms with Crippen LogP contribution < -0.4 is 5.32 Å². The molecule has 0 saturated carbocycles. The van der Waals surface area contributed by atoms with E-state index in [1.165, 1.54) is 12.1 Å². The molecule has 96 valence electrons. The minimum absolute atomic E-state index is 0.300. The van der Waals surface area contributed by atoms with Gasteiger partial charge in [0.15, 0.2) is 0 Å². The smallest absolute Gasteiger partial charge is 0.283 e. The summed E-state index contributed by atoms with van der Waals surface area (Å²) in [6, 6.07) is 3.55. The molecule has 1 aromatic carbocycles. The second-order valence-electron chi connectivity index (χ2n) is 3.72. The number of nitrogens with one attached hydrogen (secondary N) is 1. The highest BCUT2D eigenvalue weighted by Gasteiger charge is 2.18. The molecule has 0 aliphatic carbocycles. The zero-order valence-corrected chi connectivity index (χ0v) is 9.65. The molecule has 7 nitrogen and oxygen atoms in total. The maximum Gasteiger partial charge on any atom is 0.283 e. The zero-order valence-electron chi connectivity index (χ0n) is 9.65. The molecule has 1 aliphatic heterocycles. The fourth-order valence-electron chi connectivity index (χ4n) is 1.59. The van der Waals surface area contributed by atoms with E-state index in [2.05, 4.69) is 5.32 Å². The van der Waals surface area contributed by atoms with Crippen LogP contribution in [-0.2, 0) is 0 Å². The van der Waals surface area contributed by atoms with Gasteiger partial charge in [0.2, 0.25) is 0 Å². The van der Waals surface area contributed by atoms with E-state index in [1.807, 2.05) is 0 Å². The van der Waals surface area contributed by atoms with E-state index >= 15 is 0 Å². The van der Waals surface area contributed by atoms with Gasteiger partial charge in [0.25, 0.3) is 11.4 Å². The molecule has 2 rings (SSSR count). The van der Waals surface area contributed by atoms with Crippen LogP contribution in [0.25, 0.3) is 6.08 Å². The van der Waals surface area contributed by atoms with E-state index in [4.69, 9.17) is 0 Å². The van der Waals surface area contributed by atoms with Crippen LogP contribution in [0.3, 0.4) is 0 Å². The van der Waals surface area contributed by atoms with Gasteiger partial charge in [-0.3, -0.25) is 20.2 Å². The molecule has 0 aromatic heterocycles. The van der Waals surface area contributed by atoms with Crippen molar-refractivity contribution in [2.45, 2.75) is 0 Å². The summed E-state index contributed by atoms with van der Waals surface area (Å²) < 4.78 is 0. The van der Waals surface area contributed by atoms with E-state index in [1.54, 1.807) is 30.5 Å². The normalized spacial score (nSPS) is 15.3. The summed E-state index contributed by atoms with van der Waals surface area (Å²) in [5.41, 5.74) is 0.366. The van der Waals surface area contributed by atoms with Crippen LogP contribution in [0.1, 0.15) is 5.56 Å². The molecule has 7 heteroatoms. The van der Waals surface area contributed by atoms with Gasteiger partial charge in [0.05, 0.1) is 21.5 Å². The van der Waals surface area contributed by atoms with Gasteiger partial charge in [-0.15, -0.1) is 0 Å². The largest absolute Gasteiger partial charge is 0.362 e. The maximum atomic E-state index is 10.9. The number of dihydropyridines is 1. The van der Waals surface area contributed by atoms with Gasteiger partial charge in [-0.05, 0) is 24.3 Å². The number of nitro benzene ring substituents is 2. The van der Waals surface area contributed by atoms with E-state index in [9.17, 15) is 20.2 Å². The summed E-state index contributed by atoms with van der Waals surface area (Å²) in [5, 5.41) is 24.5. The van der Waals surface area contributed by atoms with Crippen molar-refractivity contribution in [3.63, 3.8) is 0 Å². The lowest BCUT2D eigenvalue weighted by Crippen LogP contribution is -2.04. The predicted molar refractivity (Wildman–Crippen MR) is 69.1 cm³/mol. The van der Waals surface area contributed by atoms with Gasteiger partial charge in [0, 0.05) is 18.0 Å². The minimum atomic E-state index is -0.661. The van der Waals surface area contributed by atoms with Gasteiger partial charge >= 0.3 is 0 Å². The molecule has 0 bridgehead atoms. The number of nitrogens with zero attached hydrogens (tertiary/aromatic N) is 2. The van der Waals surface area contributed by atoms with Crippen LogP contribution in [-0.4, -0.2) is 9.85 Å². The minimum Gasteiger partial charge on any atom is -0.362 e. The molecule has 19 heavy (non-hydrogen) atoms. The molecular weight excluding hydrogens is 250 g/mol. The molecule has 0 radical (unpaired) electrons. The van der Waals surface area contributed by atoms with Crippen molar-refractivity contribution in [3.05, 3.63) is 74.1 Å². The molecule has 0 fully saturated rings. The fraction of sp³-hybridized carbons (Fsp3) is 0. The quantitative estimate of drug-likeness (QED) is 0.664. The number of hydrogen-bond acceptors (Lipinski definition) is 5. The molecular formula is C12H9N3O4. The molecule has 0 atom stereocenters. The van der Waals surface area contributed by atoms with E-state index in [0.717, 1.165) is 6.07 Å². The summed E-state index contributed by atoms with van der Waals surface area (Å²) in [6.45, 7) is 0. The van der Waals surface area contributed by atoms with Crippen LogP contribution in [0.5, 0.6) is 0 Å². The van der Waals surface area contributed by atoms with E-state index < -0.39 is 9.85 Å². The second-order valence-corrected chi connectivity index (χ2v) is 3.72. The number of benzene rings is 1. The number of rotatable bonds is 3. The first kappa shape index (κ1) is 12.5. The highest BCUT2D eigenvalue weighted by atomic mass is 16.6. The summed E-state index contributed by atoms with van der Waals surface area (Å²) in [5.74, 6) is 0. The third kappa shape index (κ3) is 2.83. The molecule has 1 aliphatic rings. The Kier molecular flexibility index (Phi) is 3.37. The first-order chi connectivity index (χ1) is 9.08. The van der Waals surface area contributed by atoms with Crippen molar-refractivity contribution in [2.24, 2.45) is 0 Å². The lowest BCUT2D eigenvalue weighted by Gasteiger charge is -2.05. The molecule has 0 unspecified atom stereocenters. The van der Waals surface area contributed by atoms with Gasteiger partial charge in [0.1, 0.15) is 0 Å². The van der Waals surface area contributed by atoms with Gasteiger partial charge in [-0.1, -0.05) is 6.08 Å². The summed E-state index contributed by atoms with van der Waals surface area (Å²) in [7, 11) is 0. The van der Waals surface area contributed by atoms with Crippen molar-refractivity contribution >= 4 is 17.5 Å². The number of hydrogen-bond donors (Lipinski definition) is 1. The summed E-state index contributed by atoms with van der Waals surface area (Å²) in [6.07, 6.45) is 8.54. The Morgan fingerprint density at radius 2 is 1.89 bits per heavy atom. The average Bonchev–Trinajstić information content (AvgIpc) is 2.39. The topological polar surface area (TPSA) is 98.3 Å². The maximum absolute atomic E-state index is 10.9. The third-order valence-electron chi connectivity index (χ3n) is 2.47. The molecule has 1 heterocycles. The van der Waals surface area contributed by atoms with E-state index in [0.29, 0.717) is 11.3 Å². The Bertz CT molecular complexity index is 632. The Labute approximate surface area is 107 Å². The Morgan fingerprint density at radius 3 is 2.47 bits per heavy atom. The first-order valence-corrected chi connectivity index (χ1v) is 5.32. The molecule has 0 saturated heterocycles. The Hall–Kier alpha value is -2.96. The van der Waals surface area contributed by atoms with Crippen LogP contribution in [0, 0.1) is 20.2 Å². The Balaban J connectivity index is 2.45. The fourth-order valence-corrected chi connectivity index (χ4v) is 1.59. The predicted octanol–water partition coefficient (Wildman–Crippen LogP) is 2.52. The lowest BCUT2D eigenvalue weighted by molar-refractivity contribution is -0.394. The van der Waals surface area contributed by atoms with Crippen molar-refractivity contribution in [1.82, 2.24) is 5.32 Å². The highest BCUT2D eigenvalue weighted by molar-refractivity contribution is 5.67. The molecule has 1 aromatic rings. The Morgan fingerprint density at radius 1 is 1.11 bits per heavy atom. The van der Waals surface area contributed by atoms with Gasteiger partial charge in [-0.2, -0.15) is 0 Å². The van der Waals surface area contributed by atoms with E-state index in [-0.39, 0.29) is 11.4 Å². The molecule has 0 spiro atoms. The molecule has 0 amide bonds. The SMILES string of the molecule is O=[N+]([O-])c1ccc(/C=C2\C=CC=CN2)c([N+](=O)[O-])c1. The van der Waals surface area contributed by atoms with Gasteiger partial charge in [-0.25, -0.2) is 0 Å². The van der Waals surface area contributed by atoms with Crippen LogP contribution in [0.2, 0.25) is 0 Å². The van der Waals surface area contributed by atoms with Crippen molar-refractivity contribution in [2.75, 3.05) is 0 Å². The summed E-state index contributed by atoms with van der Waals surface area (Å²) >= 11 is 0. The van der Waals surface area contributed by atoms with Crippen LogP contribution >= 0.6 is 0 Å². The van der Waals surface area contributed by atoms with Crippen molar-refractivity contribution in [1.29, 1.82) is 0 Å². The molecule has 1 N–H and O–H groups in total. The average molecular weight is 259 g/mol. The van der Waals surface area contributed by atoms with Gasteiger partial charge < -0.3 is 5.32 Å². The monoisotopic (exact) mass is 259 g/mol. The third-order valence-corrected chi connectivity index (χ3v) is 2.47. The van der Waals surface area contributed by atoms with Crippen LogP contribution in [0.4, 0.5) is 11.4 Å². The lowest BCUT2D eigenvalue weighted by atomic mass is 10.1. The highest BCUT2D eigenvalue weighted by Crippen LogP contribution is 2.26. The van der Waals surface area contributed by atoms with Crippen molar-refractivity contribution in [3.8, 4) is 0 Å². The van der Waals surface area contributed by atoms with Crippen LogP contribution in [0.15, 0.2) is 48.3 Å². The summed E-state index contributed by atoms with van der Waals surface area (Å²) in [4.78, 5) is 20.3. The zero-order chi connectivity index (χ0) is 13.8. The number of non-ortho nitro benzene ring substituents is 1. The first-order valence-electron chi connectivity index (χ1n) is 5.32. The number of nitro groups is 2. The standard InChI is InChI=1S/C12H9N3O4/c16-14(17)11-5-4-9(12(8-11)15(18)19)7-10-3-1-2-6-13-10/h1-8,13H/b10-7+. The second kappa shape index (κ2) is 5.13. The number of allylic oxidation sites excluding steroid dienone is 3.